The summed E-state index contributed by atoms with van der Waals surface area (Å²) < 4.78 is 0. The monoisotopic (exact) mass is 464 g/mol. The molecule has 0 spiro atoms. The lowest BCUT2D eigenvalue weighted by Crippen LogP contribution is -2.20. The molecule has 3 heteroatoms. The van der Waals surface area contributed by atoms with E-state index in [1.165, 1.54) is 22.4 Å². The van der Waals surface area contributed by atoms with Crippen molar-refractivity contribution in [2.24, 2.45) is 0 Å². The lowest BCUT2D eigenvalue weighted by Gasteiger charge is -2.28. The molecule has 0 aromatic heterocycles. The Morgan fingerprint density at radius 1 is 0.853 bits per heavy atom. The molecule has 2 aromatic carbocycles. The van der Waals surface area contributed by atoms with Crippen molar-refractivity contribution in [2.75, 3.05) is 10.6 Å². The first-order valence-electron chi connectivity index (χ1n) is 12.7. The van der Waals surface area contributed by atoms with E-state index in [0.29, 0.717) is 17.6 Å². The van der Waals surface area contributed by atoms with E-state index in [2.05, 4.69) is 130 Å². The molecule has 0 aliphatic carbocycles. The highest BCUT2D eigenvalue weighted by molar-refractivity contribution is 5.65. The van der Waals surface area contributed by atoms with Gasteiger partial charge in [0, 0.05) is 23.0 Å². The molecular formula is C31H48N2O. The third kappa shape index (κ3) is 6.81. The molecule has 0 fully saturated rings. The van der Waals surface area contributed by atoms with Gasteiger partial charge in [0.15, 0.2) is 0 Å². The maximum Gasteiger partial charge on any atom is 0.142 e. The van der Waals surface area contributed by atoms with E-state index < -0.39 is 0 Å². The minimum absolute atomic E-state index is 0.00547. The number of phenols is 1. The zero-order chi connectivity index (χ0) is 26.0. The predicted octanol–water partition coefficient (Wildman–Crippen LogP) is 9.05. The first kappa shape index (κ1) is 27.8. The molecule has 0 heterocycles. The molecule has 0 radical (unpaired) electrons. The molecular weight excluding hydrogens is 416 g/mol. The Balaban J connectivity index is 2.39. The van der Waals surface area contributed by atoms with Gasteiger partial charge >= 0.3 is 0 Å². The molecule has 0 aliphatic heterocycles. The Morgan fingerprint density at radius 2 is 1.38 bits per heavy atom. The standard InChI is InChI=1S/C31H48N2O/c1-19(2)24-14-13-15-25(20(3)4)28(24)33-22(6)16-21(5)32-27-18-23(30(7,8)9)17-26(29(27)34)31(10,11)12/h13-21,32-34H,1-12H3/b22-16+. The SMILES string of the molecule is C/C(=C\C(C)Nc1cc(C(C)(C)C)cc(C(C)(C)C)c1O)Nc1c(C(C)C)cccc1C(C)C. The van der Waals surface area contributed by atoms with Crippen LogP contribution in [-0.2, 0) is 10.8 Å². The Kier molecular flexibility index (Phi) is 8.56. The van der Waals surface area contributed by atoms with E-state index in [9.17, 15) is 5.11 Å². The molecule has 2 rings (SSSR count). The van der Waals surface area contributed by atoms with Gasteiger partial charge in [-0.15, -0.1) is 0 Å². The Hall–Kier alpha value is -2.42. The summed E-state index contributed by atoms with van der Waals surface area (Å²) in [5, 5.41) is 18.4. The van der Waals surface area contributed by atoms with Crippen molar-refractivity contribution in [2.45, 2.75) is 112 Å². The van der Waals surface area contributed by atoms with Crippen LogP contribution in [0, 0.1) is 0 Å². The number of nitrogens with one attached hydrogen (secondary N) is 2. The largest absolute Gasteiger partial charge is 0.505 e. The van der Waals surface area contributed by atoms with Crippen molar-refractivity contribution in [1.29, 1.82) is 0 Å². The van der Waals surface area contributed by atoms with Crippen LogP contribution in [0.1, 0.15) is 117 Å². The van der Waals surface area contributed by atoms with Crippen LogP contribution in [0.5, 0.6) is 5.75 Å². The van der Waals surface area contributed by atoms with Gasteiger partial charge in [-0.2, -0.15) is 0 Å². The maximum absolute atomic E-state index is 11.1. The summed E-state index contributed by atoms with van der Waals surface area (Å²) in [7, 11) is 0. The average Bonchev–Trinajstić information content (AvgIpc) is 2.67. The van der Waals surface area contributed by atoms with E-state index in [1.807, 2.05) is 0 Å². The second kappa shape index (κ2) is 10.5. The zero-order valence-electron chi connectivity index (χ0n) is 23.6. The molecule has 188 valence electrons. The molecule has 0 saturated heterocycles. The van der Waals surface area contributed by atoms with Gasteiger partial charge in [-0.25, -0.2) is 0 Å². The van der Waals surface area contributed by atoms with E-state index in [0.717, 1.165) is 16.9 Å². The van der Waals surface area contributed by atoms with Crippen molar-refractivity contribution in [3.05, 3.63) is 64.4 Å². The van der Waals surface area contributed by atoms with Gasteiger partial charge in [0.1, 0.15) is 5.75 Å². The van der Waals surface area contributed by atoms with E-state index >= 15 is 0 Å². The van der Waals surface area contributed by atoms with Gasteiger partial charge in [0.2, 0.25) is 0 Å². The second-order valence-electron chi connectivity index (χ2n) is 12.4. The third-order valence-electron chi connectivity index (χ3n) is 6.36. The summed E-state index contributed by atoms with van der Waals surface area (Å²) in [6, 6.07) is 10.9. The molecule has 0 bridgehead atoms. The maximum atomic E-state index is 11.1. The van der Waals surface area contributed by atoms with E-state index in [4.69, 9.17) is 0 Å². The van der Waals surface area contributed by atoms with Gasteiger partial charge in [0.25, 0.3) is 0 Å². The minimum Gasteiger partial charge on any atom is -0.505 e. The molecule has 34 heavy (non-hydrogen) atoms. The Labute approximate surface area is 209 Å². The van der Waals surface area contributed by atoms with Gasteiger partial charge < -0.3 is 15.7 Å². The number of rotatable bonds is 7. The van der Waals surface area contributed by atoms with Crippen molar-refractivity contribution in [3.8, 4) is 5.75 Å². The predicted molar refractivity (Wildman–Crippen MR) is 151 cm³/mol. The van der Waals surface area contributed by atoms with Crippen molar-refractivity contribution >= 4 is 11.4 Å². The topological polar surface area (TPSA) is 44.3 Å². The normalized spacial score (nSPS) is 14.0. The molecule has 1 atom stereocenters. The minimum atomic E-state index is -0.147. The number of phenolic OH excluding ortho intramolecular Hbond substituents is 1. The fourth-order valence-electron chi connectivity index (χ4n) is 4.35. The van der Waals surface area contributed by atoms with Crippen LogP contribution in [0.4, 0.5) is 11.4 Å². The van der Waals surface area contributed by atoms with Crippen molar-refractivity contribution in [3.63, 3.8) is 0 Å². The fraction of sp³-hybridized carbons (Fsp3) is 0.548. The summed E-state index contributed by atoms with van der Waals surface area (Å²) in [4.78, 5) is 0. The summed E-state index contributed by atoms with van der Waals surface area (Å²) in [6.07, 6.45) is 2.20. The first-order chi connectivity index (χ1) is 15.5. The van der Waals surface area contributed by atoms with Crippen LogP contribution in [0.15, 0.2) is 42.1 Å². The van der Waals surface area contributed by atoms with Crippen molar-refractivity contribution < 1.29 is 5.11 Å². The van der Waals surface area contributed by atoms with Crippen LogP contribution >= 0.6 is 0 Å². The van der Waals surface area contributed by atoms with E-state index in [1.54, 1.807) is 0 Å². The molecule has 3 nitrogen and oxygen atoms in total. The molecule has 0 amide bonds. The number of anilines is 2. The van der Waals surface area contributed by atoms with E-state index in [-0.39, 0.29) is 16.9 Å². The third-order valence-corrected chi connectivity index (χ3v) is 6.36. The summed E-state index contributed by atoms with van der Waals surface area (Å²) >= 11 is 0. The smallest absolute Gasteiger partial charge is 0.142 e. The molecule has 1 unspecified atom stereocenters. The Bertz CT molecular complexity index is 991. The molecule has 0 aliphatic rings. The Morgan fingerprint density at radius 3 is 1.82 bits per heavy atom. The van der Waals surface area contributed by atoms with Gasteiger partial charge in [-0.1, -0.05) is 93.5 Å². The van der Waals surface area contributed by atoms with Crippen LogP contribution in [0.25, 0.3) is 0 Å². The van der Waals surface area contributed by atoms with Gasteiger partial charge in [-0.3, -0.25) is 0 Å². The highest BCUT2D eigenvalue weighted by Gasteiger charge is 2.25. The number of hydrogen-bond acceptors (Lipinski definition) is 3. The highest BCUT2D eigenvalue weighted by Crippen LogP contribution is 2.40. The number of benzene rings is 2. The fourth-order valence-corrected chi connectivity index (χ4v) is 4.35. The highest BCUT2D eigenvalue weighted by atomic mass is 16.3. The van der Waals surface area contributed by atoms with Gasteiger partial charge in [0.05, 0.1) is 5.69 Å². The lowest BCUT2D eigenvalue weighted by molar-refractivity contribution is 0.446. The number of hydrogen-bond donors (Lipinski definition) is 3. The first-order valence-corrected chi connectivity index (χ1v) is 12.7. The summed E-state index contributed by atoms with van der Waals surface area (Å²) in [5.41, 5.74) is 7.82. The van der Waals surface area contributed by atoms with Crippen LogP contribution in [0.2, 0.25) is 0 Å². The molecule has 2 aromatic rings. The quantitative estimate of drug-likeness (QED) is 0.358. The summed E-state index contributed by atoms with van der Waals surface area (Å²) in [6.45, 7) is 26.3. The molecule has 0 saturated carbocycles. The second-order valence-corrected chi connectivity index (χ2v) is 12.4. The zero-order valence-corrected chi connectivity index (χ0v) is 23.6. The average molecular weight is 465 g/mol. The van der Waals surface area contributed by atoms with Crippen molar-refractivity contribution in [1.82, 2.24) is 0 Å². The molecule has 3 N–H and O–H groups in total. The number of aromatic hydroxyl groups is 1. The van der Waals surface area contributed by atoms with Crippen LogP contribution in [-0.4, -0.2) is 11.1 Å². The van der Waals surface area contributed by atoms with Crippen LogP contribution < -0.4 is 10.6 Å². The van der Waals surface area contributed by atoms with Gasteiger partial charge in [-0.05, 0) is 65.3 Å². The number of para-hydroxylation sites is 1. The van der Waals surface area contributed by atoms with Crippen LogP contribution in [0.3, 0.4) is 0 Å². The summed E-state index contributed by atoms with van der Waals surface area (Å²) in [5.74, 6) is 1.23. The number of allylic oxidation sites excluding steroid dienone is 1. The lowest BCUT2D eigenvalue weighted by atomic mass is 9.79.